The lowest BCUT2D eigenvalue weighted by Crippen LogP contribution is -2.32. The fourth-order valence-electron chi connectivity index (χ4n) is 0.760. The zero-order chi connectivity index (χ0) is 15.0. The minimum absolute atomic E-state index is 0.0694. The van der Waals surface area contributed by atoms with Gasteiger partial charge in [-0.15, -0.1) is 0 Å². The number of phosphoric acid groups is 1. The van der Waals surface area contributed by atoms with E-state index in [1.807, 2.05) is 0 Å². The molecule has 0 aliphatic rings. The highest BCUT2D eigenvalue weighted by Gasteiger charge is 2.00. The third kappa shape index (κ3) is 44.6. The Labute approximate surface area is 106 Å². The molecule has 7 N–H and O–H groups in total. The lowest BCUT2D eigenvalue weighted by Gasteiger charge is -2.17. The van der Waals surface area contributed by atoms with Gasteiger partial charge in [-0.25, -0.2) is 4.57 Å². The summed E-state index contributed by atoms with van der Waals surface area (Å²) in [4.78, 5) is 23.4. The Bertz CT molecular complexity index is 165. The van der Waals surface area contributed by atoms with Crippen LogP contribution in [0.1, 0.15) is 6.92 Å². The summed E-state index contributed by atoms with van der Waals surface area (Å²) in [7, 11) is -4.64. The van der Waals surface area contributed by atoms with Crippen LogP contribution >= 0.6 is 7.82 Å². The Morgan fingerprint density at radius 1 is 0.833 bits per heavy atom. The highest BCUT2D eigenvalue weighted by molar-refractivity contribution is 7.45. The number of nitrogens with zero attached hydrogens (tertiary/aromatic N) is 1. The van der Waals surface area contributed by atoms with Gasteiger partial charge < -0.3 is 35.1 Å². The Morgan fingerprint density at radius 2 is 1.00 bits per heavy atom. The topological polar surface area (TPSA) is 162 Å². The van der Waals surface area contributed by atoms with E-state index in [-0.39, 0.29) is 26.4 Å². The van der Waals surface area contributed by atoms with E-state index in [2.05, 4.69) is 0 Å². The second kappa shape index (κ2) is 16.9. The van der Waals surface area contributed by atoms with Crippen molar-refractivity contribution in [3.63, 3.8) is 0 Å². The molecule has 0 heterocycles. The predicted molar refractivity (Wildman–Crippen MR) is 64.7 cm³/mol. The third-order valence-electron chi connectivity index (χ3n) is 1.25. The highest BCUT2D eigenvalue weighted by atomic mass is 31.2. The van der Waals surface area contributed by atoms with Crippen molar-refractivity contribution in [2.45, 2.75) is 6.92 Å². The summed E-state index contributed by atoms with van der Waals surface area (Å²) in [5, 5.41) is 33.0. The second-order valence-corrected chi connectivity index (χ2v) is 3.87. The van der Waals surface area contributed by atoms with E-state index in [4.69, 9.17) is 39.7 Å². The summed E-state index contributed by atoms with van der Waals surface area (Å²) in [6.07, 6.45) is 0. The lowest BCUT2D eigenvalue weighted by molar-refractivity contribution is 0.136. The Morgan fingerprint density at radius 3 is 1.11 bits per heavy atom. The van der Waals surface area contributed by atoms with Gasteiger partial charge in [0.05, 0.1) is 19.8 Å². The van der Waals surface area contributed by atoms with Crippen LogP contribution in [0, 0.1) is 0 Å². The maximum atomic E-state index is 8.88. The minimum Gasteiger partial charge on any atom is -0.397 e. The molecule has 0 aromatic rings. The van der Waals surface area contributed by atoms with E-state index in [9.17, 15) is 0 Å². The van der Waals surface area contributed by atoms with E-state index >= 15 is 0 Å². The van der Waals surface area contributed by atoms with Gasteiger partial charge in [-0.3, -0.25) is 4.90 Å². The molecule has 0 rings (SSSR count). The average molecular weight is 293 g/mol. The maximum absolute atomic E-state index is 8.88. The van der Waals surface area contributed by atoms with Gasteiger partial charge in [0, 0.05) is 26.2 Å². The SMILES string of the molecule is CCO.O=P(O)(O)O.OCCN(CCO)CCO. The predicted octanol–water partition coefficient (Wildman–Crippen LogP) is -2.66. The number of hydrogen-bond donors (Lipinski definition) is 7. The molecule has 114 valence electrons. The summed E-state index contributed by atoms with van der Waals surface area (Å²) in [5.74, 6) is 0. The molecule has 0 aliphatic heterocycles. The smallest absolute Gasteiger partial charge is 0.397 e. The molecule has 0 aromatic carbocycles. The van der Waals surface area contributed by atoms with Gasteiger partial charge in [0.15, 0.2) is 0 Å². The molecule has 9 nitrogen and oxygen atoms in total. The third-order valence-corrected chi connectivity index (χ3v) is 1.25. The normalized spacial score (nSPS) is 10.3. The van der Waals surface area contributed by atoms with Crippen LogP contribution in [0.5, 0.6) is 0 Å². The number of aliphatic hydroxyl groups is 4. The monoisotopic (exact) mass is 293 g/mol. The van der Waals surface area contributed by atoms with E-state index in [0.29, 0.717) is 19.6 Å². The molecule has 0 radical (unpaired) electrons. The maximum Gasteiger partial charge on any atom is 0.466 e. The van der Waals surface area contributed by atoms with Crippen LogP contribution in [0.3, 0.4) is 0 Å². The molecule has 0 aromatic heterocycles. The molecule has 10 heteroatoms. The Kier molecular flexibility index (Phi) is 21.6. The van der Waals surface area contributed by atoms with Gasteiger partial charge in [-0.2, -0.15) is 0 Å². The van der Waals surface area contributed by atoms with Crippen molar-refractivity contribution in [3.8, 4) is 0 Å². The molecule has 0 bridgehead atoms. The van der Waals surface area contributed by atoms with Gasteiger partial charge in [0.25, 0.3) is 0 Å². The van der Waals surface area contributed by atoms with E-state index < -0.39 is 7.82 Å². The van der Waals surface area contributed by atoms with Crippen molar-refractivity contribution >= 4 is 7.82 Å². The van der Waals surface area contributed by atoms with E-state index in [0.717, 1.165) is 0 Å². The molecule has 0 spiro atoms. The van der Waals surface area contributed by atoms with E-state index in [1.165, 1.54) is 0 Å². The number of aliphatic hydroxyl groups excluding tert-OH is 4. The van der Waals surface area contributed by atoms with Crippen LogP contribution < -0.4 is 0 Å². The van der Waals surface area contributed by atoms with Crippen LogP contribution in [-0.2, 0) is 4.57 Å². The molecule has 0 aliphatic carbocycles. The fraction of sp³-hybridized carbons (Fsp3) is 1.00. The summed E-state index contributed by atoms with van der Waals surface area (Å²) in [6.45, 7) is 3.68. The first kappa shape index (κ1) is 23.0. The molecule has 0 saturated carbocycles. The van der Waals surface area contributed by atoms with Crippen LogP contribution in [0.4, 0.5) is 0 Å². The molecular formula is C8H24NO8P. The van der Waals surface area contributed by atoms with E-state index in [1.54, 1.807) is 11.8 Å². The fourth-order valence-corrected chi connectivity index (χ4v) is 0.760. The zero-order valence-electron chi connectivity index (χ0n) is 10.4. The minimum atomic E-state index is -4.64. The van der Waals surface area contributed by atoms with Crippen molar-refractivity contribution in [2.24, 2.45) is 0 Å². The first-order chi connectivity index (χ1) is 8.26. The Balaban J connectivity index is -0.000000235. The van der Waals surface area contributed by atoms with Crippen molar-refractivity contribution < 1.29 is 39.7 Å². The first-order valence-corrected chi connectivity index (χ1v) is 6.77. The molecule has 0 fully saturated rings. The van der Waals surface area contributed by atoms with Crippen molar-refractivity contribution in [2.75, 3.05) is 46.1 Å². The van der Waals surface area contributed by atoms with Crippen LogP contribution in [0.15, 0.2) is 0 Å². The largest absolute Gasteiger partial charge is 0.466 e. The van der Waals surface area contributed by atoms with Crippen LogP contribution in [0.2, 0.25) is 0 Å². The van der Waals surface area contributed by atoms with Crippen LogP contribution in [0.25, 0.3) is 0 Å². The Hall–Kier alpha value is -0.0900. The van der Waals surface area contributed by atoms with Gasteiger partial charge in [0.1, 0.15) is 0 Å². The molecule has 0 amide bonds. The van der Waals surface area contributed by atoms with Crippen molar-refractivity contribution in [3.05, 3.63) is 0 Å². The van der Waals surface area contributed by atoms with Gasteiger partial charge in [0.2, 0.25) is 0 Å². The molecule has 0 atom stereocenters. The van der Waals surface area contributed by atoms with Gasteiger partial charge in [-0.05, 0) is 6.92 Å². The lowest BCUT2D eigenvalue weighted by atomic mass is 10.4. The molecule has 18 heavy (non-hydrogen) atoms. The summed E-state index contributed by atoms with van der Waals surface area (Å²) in [6, 6.07) is 0. The van der Waals surface area contributed by atoms with Crippen molar-refractivity contribution in [1.29, 1.82) is 0 Å². The van der Waals surface area contributed by atoms with Crippen molar-refractivity contribution in [1.82, 2.24) is 4.90 Å². The van der Waals surface area contributed by atoms with Gasteiger partial charge >= 0.3 is 7.82 Å². The number of rotatable bonds is 6. The summed E-state index contributed by atoms with van der Waals surface area (Å²) >= 11 is 0. The molecule has 0 unspecified atom stereocenters. The second-order valence-electron chi connectivity index (χ2n) is 2.84. The summed E-state index contributed by atoms with van der Waals surface area (Å²) < 4.78 is 8.88. The average Bonchev–Trinajstić information content (AvgIpc) is 2.17. The zero-order valence-corrected chi connectivity index (χ0v) is 11.3. The molecular weight excluding hydrogens is 269 g/mol. The molecule has 0 saturated heterocycles. The standard InChI is InChI=1S/C6H15NO3.C2H6O.H3O4P/c8-4-1-7(2-5-9)3-6-10;1-2-3;1-5(2,3)4/h8-10H,1-6H2;3H,2H2,1H3;(H3,1,2,3,4). The number of hydrogen-bond acceptors (Lipinski definition) is 6. The highest BCUT2D eigenvalue weighted by Crippen LogP contribution is 2.25. The quantitative estimate of drug-likeness (QED) is 0.259. The van der Waals surface area contributed by atoms with Crippen LogP contribution in [-0.4, -0.2) is 86.1 Å². The first-order valence-electron chi connectivity index (χ1n) is 5.20. The summed E-state index contributed by atoms with van der Waals surface area (Å²) in [5.41, 5.74) is 0. The van der Waals surface area contributed by atoms with Gasteiger partial charge in [-0.1, -0.05) is 0 Å².